The predicted octanol–water partition coefficient (Wildman–Crippen LogP) is 4.06. The van der Waals surface area contributed by atoms with Crippen molar-refractivity contribution < 1.29 is 4.39 Å². The highest BCUT2D eigenvalue weighted by Crippen LogP contribution is 2.21. The lowest BCUT2D eigenvalue weighted by atomic mass is 10.3. The van der Waals surface area contributed by atoms with E-state index in [-0.39, 0.29) is 5.82 Å². The van der Waals surface area contributed by atoms with Crippen molar-refractivity contribution in [1.29, 1.82) is 0 Å². The monoisotopic (exact) mass is 286 g/mol. The van der Waals surface area contributed by atoms with Gasteiger partial charge in [0.1, 0.15) is 11.3 Å². The van der Waals surface area contributed by atoms with Crippen LogP contribution in [0.25, 0.3) is 11.0 Å². The molecule has 0 amide bonds. The fourth-order valence-electron chi connectivity index (χ4n) is 2.03. The van der Waals surface area contributed by atoms with Gasteiger partial charge in [-0.25, -0.2) is 9.37 Å². The van der Waals surface area contributed by atoms with Crippen LogP contribution in [-0.2, 0) is 12.4 Å². The number of hydrogen-bond acceptors (Lipinski definition) is 2. The largest absolute Gasteiger partial charge is 0.327 e. The van der Waals surface area contributed by atoms with Gasteiger partial charge in [-0.2, -0.15) is 11.8 Å². The van der Waals surface area contributed by atoms with Crippen LogP contribution in [0.2, 0.25) is 0 Å². The van der Waals surface area contributed by atoms with Gasteiger partial charge in [-0.05, 0) is 37.0 Å². The fraction of sp³-hybridized carbons (Fsp3) is 0.462. The topological polar surface area (TPSA) is 17.8 Å². The van der Waals surface area contributed by atoms with Gasteiger partial charge in [0.05, 0.1) is 11.4 Å². The van der Waals surface area contributed by atoms with Crippen LogP contribution in [0.4, 0.5) is 4.39 Å². The van der Waals surface area contributed by atoms with Crippen molar-refractivity contribution in [1.82, 2.24) is 9.55 Å². The number of rotatable bonds is 6. The third kappa shape index (κ3) is 2.81. The fourth-order valence-corrected chi connectivity index (χ4v) is 2.73. The van der Waals surface area contributed by atoms with E-state index in [1.807, 2.05) is 22.4 Å². The number of fused-ring (bicyclic) bond motifs is 1. The van der Waals surface area contributed by atoms with E-state index >= 15 is 0 Å². The number of imidazole rings is 1. The van der Waals surface area contributed by atoms with Crippen molar-refractivity contribution in [2.45, 2.75) is 25.3 Å². The van der Waals surface area contributed by atoms with Gasteiger partial charge in [0, 0.05) is 6.54 Å². The number of aromatic nitrogens is 2. The molecule has 1 aromatic heterocycles. The van der Waals surface area contributed by atoms with E-state index in [2.05, 4.69) is 11.2 Å². The minimum Gasteiger partial charge on any atom is -0.327 e. The van der Waals surface area contributed by atoms with E-state index in [0.29, 0.717) is 11.4 Å². The Morgan fingerprint density at radius 1 is 1.39 bits per heavy atom. The van der Waals surface area contributed by atoms with Crippen LogP contribution < -0.4 is 0 Å². The average molecular weight is 287 g/mol. The first-order chi connectivity index (χ1) is 8.77. The van der Waals surface area contributed by atoms with Crippen LogP contribution in [0, 0.1) is 5.82 Å². The highest BCUT2D eigenvalue weighted by molar-refractivity contribution is 7.98. The second-order valence-electron chi connectivity index (χ2n) is 4.12. The van der Waals surface area contributed by atoms with Crippen molar-refractivity contribution in [2.75, 3.05) is 12.0 Å². The molecule has 2 nitrogen and oxygen atoms in total. The molecule has 0 saturated carbocycles. The Labute approximate surface area is 116 Å². The van der Waals surface area contributed by atoms with Gasteiger partial charge in [-0.3, -0.25) is 0 Å². The number of halogens is 2. The summed E-state index contributed by atoms with van der Waals surface area (Å²) in [5, 5.41) is 0. The SMILES string of the molecule is CSCCCCn1c(CCl)nc2c(F)cccc21. The summed E-state index contributed by atoms with van der Waals surface area (Å²) in [6.07, 6.45) is 4.32. The molecule has 2 rings (SSSR count). The van der Waals surface area contributed by atoms with Crippen LogP contribution in [0.15, 0.2) is 18.2 Å². The first kappa shape index (κ1) is 13.7. The molecular formula is C13H16ClFN2S. The zero-order chi connectivity index (χ0) is 13.0. The zero-order valence-corrected chi connectivity index (χ0v) is 11.9. The lowest BCUT2D eigenvalue weighted by molar-refractivity contribution is 0.630. The van der Waals surface area contributed by atoms with Crippen molar-refractivity contribution in [2.24, 2.45) is 0 Å². The van der Waals surface area contributed by atoms with E-state index < -0.39 is 0 Å². The lowest BCUT2D eigenvalue weighted by Crippen LogP contribution is -2.02. The van der Waals surface area contributed by atoms with Gasteiger partial charge in [0.25, 0.3) is 0 Å². The molecule has 0 unspecified atom stereocenters. The third-order valence-electron chi connectivity index (χ3n) is 2.91. The van der Waals surface area contributed by atoms with E-state index in [1.165, 1.54) is 6.07 Å². The first-order valence-electron chi connectivity index (χ1n) is 5.96. The van der Waals surface area contributed by atoms with Crippen LogP contribution in [0.3, 0.4) is 0 Å². The lowest BCUT2D eigenvalue weighted by Gasteiger charge is -2.07. The first-order valence-corrected chi connectivity index (χ1v) is 7.89. The number of nitrogens with zero attached hydrogens (tertiary/aromatic N) is 2. The van der Waals surface area contributed by atoms with Crippen LogP contribution >= 0.6 is 23.4 Å². The molecule has 98 valence electrons. The maximum absolute atomic E-state index is 13.6. The number of aryl methyl sites for hydroxylation is 1. The molecule has 1 aromatic carbocycles. The van der Waals surface area contributed by atoms with E-state index in [1.54, 1.807) is 6.07 Å². The van der Waals surface area contributed by atoms with E-state index in [4.69, 9.17) is 11.6 Å². The minimum atomic E-state index is -0.276. The molecule has 0 N–H and O–H groups in total. The van der Waals surface area contributed by atoms with E-state index in [9.17, 15) is 4.39 Å². The molecule has 18 heavy (non-hydrogen) atoms. The summed E-state index contributed by atoms with van der Waals surface area (Å²) in [6.45, 7) is 0.850. The Balaban J connectivity index is 2.26. The summed E-state index contributed by atoms with van der Waals surface area (Å²) in [7, 11) is 0. The molecule has 5 heteroatoms. The predicted molar refractivity (Wildman–Crippen MR) is 76.9 cm³/mol. The Morgan fingerprint density at radius 3 is 2.94 bits per heavy atom. The Morgan fingerprint density at radius 2 is 2.22 bits per heavy atom. The average Bonchev–Trinajstić information content (AvgIpc) is 2.74. The molecule has 2 aromatic rings. The summed E-state index contributed by atoms with van der Waals surface area (Å²) in [5.74, 6) is 1.94. The maximum Gasteiger partial charge on any atom is 0.151 e. The minimum absolute atomic E-state index is 0.276. The molecule has 0 fully saturated rings. The summed E-state index contributed by atoms with van der Waals surface area (Å²) < 4.78 is 15.7. The number of alkyl halides is 1. The van der Waals surface area contributed by atoms with E-state index in [0.717, 1.165) is 36.5 Å². The Bertz CT molecular complexity index is 527. The highest BCUT2D eigenvalue weighted by atomic mass is 35.5. The summed E-state index contributed by atoms with van der Waals surface area (Å²) >= 11 is 7.73. The van der Waals surface area contributed by atoms with Gasteiger partial charge >= 0.3 is 0 Å². The van der Waals surface area contributed by atoms with Crippen LogP contribution in [0.1, 0.15) is 18.7 Å². The van der Waals surface area contributed by atoms with Gasteiger partial charge in [-0.1, -0.05) is 6.07 Å². The normalized spacial score (nSPS) is 11.3. The summed E-state index contributed by atoms with van der Waals surface area (Å²) in [6, 6.07) is 5.05. The second-order valence-corrected chi connectivity index (χ2v) is 5.37. The Kier molecular flexibility index (Phi) is 4.89. The van der Waals surface area contributed by atoms with Crippen molar-refractivity contribution in [3.8, 4) is 0 Å². The molecule has 0 radical (unpaired) electrons. The molecule has 1 heterocycles. The molecule has 0 aliphatic heterocycles. The number of para-hydroxylation sites is 1. The second kappa shape index (κ2) is 6.43. The molecule has 0 aliphatic carbocycles. The summed E-state index contributed by atoms with van der Waals surface area (Å²) in [4.78, 5) is 4.28. The Hall–Kier alpha value is -0.740. The third-order valence-corrected chi connectivity index (χ3v) is 3.84. The number of unbranched alkanes of at least 4 members (excludes halogenated alkanes) is 1. The standard InChI is InChI=1S/C13H16ClFN2S/c1-18-8-3-2-7-17-11-6-4-5-10(15)13(11)16-12(17)9-14/h4-6H,2-3,7-9H2,1H3. The quantitative estimate of drug-likeness (QED) is 0.589. The smallest absolute Gasteiger partial charge is 0.151 e. The molecule has 0 bridgehead atoms. The maximum atomic E-state index is 13.6. The van der Waals surface area contributed by atoms with Crippen LogP contribution in [0.5, 0.6) is 0 Å². The number of hydrogen-bond donors (Lipinski definition) is 0. The number of benzene rings is 1. The van der Waals surface area contributed by atoms with Crippen LogP contribution in [-0.4, -0.2) is 21.6 Å². The van der Waals surface area contributed by atoms with Gasteiger partial charge in [-0.15, -0.1) is 11.6 Å². The molecule has 0 atom stereocenters. The summed E-state index contributed by atoms with van der Waals surface area (Å²) in [5.41, 5.74) is 1.27. The van der Waals surface area contributed by atoms with Crippen molar-refractivity contribution in [3.05, 3.63) is 29.8 Å². The molecule has 0 saturated heterocycles. The zero-order valence-electron chi connectivity index (χ0n) is 10.3. The van der Waals surface area contributed by atoms with Gasteiger partial charge in [0.15, 0.2) is 5.82 Å². The molecule has 0 spiro atoms. The molecule has 0 aliphatic rings. The molecular weight excluding hydrogens is 271 g/mol. The number of thioether (sulfide) groups is 1. The highest BCUT2D eigenvalue weighted by Gasteiger charge is 2.12. The van der Waals surface area contributed by atoms with Gasteiger partial charge < -0.3 is 4.57 Å². The van der Waals surface area contributed by atoms with Gasteiger partial charge in [0.2, 0.25) is 0 Å². The van der Waals surface area contributed by atoms with Crippen molar-refractivity contribution in [3.63, 3.8) is 0 Å². The van der Waals surface area contributed by atoms with Crippen molar-refractivity contribution >= 4 is 34.4 Å².